The molecule has 1 amide bonds. The number of hydrogen-bond donors (Lipinski definition) is 1. The molecule has 1 aromatic carbocycles. The lowest BCUT2D eigenvalue weighted by atomic mass is 10.1. The molecule has 0 saturated carbocycles. The Hall–Kier alpha value is -2.11. The SMILES string of the molecule is C=C(OCC)c1ccc(NC(=O)OC(C)(C)C)c(F)c1F. The van der Waals surface area contributed by atoms with Gasteiger partial charge in [-0.25, -0.2) is 13.6 Å². The zero-order valence-corrected chi connectivity index (χ0v) is 12.5. The van der Waals surface area contributed by atoms with Crippen molar-refractivity contribution in [1.82, 2.24) is 0 Å². The second kappa shape index (κ2) is 6.56. The summed E-state index contributed by atoms with van der Waals surface area (Å²) in [7, 11) is 0. The van der Waals surface area contributed by atoms with Gasteiger partial charge in [-0.15, -0.1) is 0 Å². The first-order chi connectivity index (χ1) is 9.65. The molecule has 116 valence electrons. The number of carbonyl (C=O) groups excluding carboxylic acids is 1. The van der Waals surface area contributed by atoms with Crippen LogP contribution < -0.4 is 5.32 Å². The summed E-state index contributed by atoms with van der Waals surface area (Å²) in [5, 5.41) is 2.16. The monoisotopic (exact) mass is 299 g/mol. The summed E-state index contributed by atoms with van der Waals surface area (Å²) in [5.41, 5.74) is -1.14. The molecular formula is C15H19F2NO3. The number of nitrogens with one attached hydrogen (secondary N) is 1. The summed E-state index contributed by atoms with van der Waals surface area (Å²) < 4.78 is 37.8. The van der Waals surface area contributed by atoms with Crippen LogP contribution in [0.1, 0.15) is 33.3 Å². The second-order valence-electron chi connectivity index (χ2n) is 5.27. The Balaban J connectivity index is 2.95. The zero-order chi connectivity index (χ0) is 16.2. The fourth-order valence-electron chi connectivity index (χ4n) is 1.53. The van der Waals surface area contributed by atoms with E-state index in [1.54, 1.807) is 27.7 Å². The van der Waals surface area contributed by atoms with Crippen LogP contribution >= 0.6 is 0 Å². The Labute approximate surface area is 122 Å². The summed E-state index contributed by atoms with van der Waals surface area (Å²) in [5.74, 6) is -2.31. The van der Waals surface area contributed by atoms with Crippen LogP contribution in [0.25, 0.3) is 5.76 Å². The van der Waals surface area contributed by atoms with Gasteiger partial charge in [0.15, 0.2) is 11.6 Å². The normalized spacial score (nSPS) is 11.0. The number of anilines is 1. The van der Waals surface area contributed by atoms with E-state index in [0.29, 0.717) is 0 Å². The van der Waals surface area contributed by atoms with Crippen LogP contribution in [0, 0.1) is 11.6 Å². The third-order valence-corrected chi connectivity index (χ3v) is 2.34. The van der Waals surface area contributed by atoms with Crippen LogP contribution in [0.3, 0.4) is 0 Å². The van der Waals surface area contributed by atoms with Gasteiger partial charge >= 0.3 is 6.09 Å². The first-order valence-electron chi connectivity index (χ1n) is 6.45. The van der Waals surface area contributed by atoms with E-state index in [0.717, 1.165) is 0 Å². The molecule has 0 atom stereocenters. The minimum Gasteiger partial charge on any atom is -0.494 e. The molecule has 0 bridgehead atoms. The van der Waals surface area contributed by atoms with Crippen molar-refractivity contribution >= 4 is 17.5 Å². The van der Waals surface area contributed by atoms with E-state index in [9.17, 15) is 13.6 Å². The Morgan fingerprint density at radius 1 is 1.29 bits per heavy atom. The van der Waals surface area contributed by atoms with Crippen LogP contribution in [-0.2, 0) is 9.47 Å². The maximum Gasteiger partial charge on any atom is 0.412 e. The lowest BCUT2D eigenvalue weighted by Crippen LogP contribution is -2.27. The van der Waals surface area contributed by atoms with Crippen LogP contribution in [0.4, 0.5) is 19.3 Å². The summed E-state index contributed by atoms with van der Waals surface area (Å²) >= 11 is 0. The Morgan fingerprint density at radius 2 is 1.90 bits per heavy atom. The van der Waals surface area contributed by atoms with Gasteiger partial charge in [-0.05, 0) is 39.8 Å². The number of rotatable bonds is 4. The molecule has 6 heteroatoms. The lowest BCUT2D eigenvalue weighted by Gasteiger charge is -2.20. The van der Waals surface area contributed by atoms with Crippen LogP contribution in [-0.4, -0.2) is 18.3 Å². The molecule has 1 N–H and O–H groups in total. The van der Waals surface area contributed by atoms with Crippen molar-refractivity contribution in [2.24, 2.45) is 0 Å². The van der Waals surface area contributed by atoms with Crippen molar-refractivity contribution < 1.29 is 23.0 Å². The predicted molar refractivity (Wildman–Crippen MR) is 76.9 cm³/mol. The van der Waals surface area contributed by atoms with Gasteiger partial charge in [-0.1, -0.05) is 6.58 Å². The quantitative estimate of drug-likeness (QED) is 0.842. The highest BCUT2D eigenvalue weighted by Gasteiger charge is 2.20. The van der Waals surface area contributed by atoms with Gasteiger partial charge < -0.3 is 9.47 Å². The molecule has 0 fully saturated rings. The molecular weight excluding hydrogens is 280 g/mol. The van der Waals surface area contributed by atoms with E-state index in [4.69, 9.17) is 9.47 Å². The van der Waals surface area contributed by atoms with Crippen molar-refractivity contribution in [1.29, 1.82) is 0 Å². The summed E-state index contributed by atoms with van der Waals surface area (Å²) in [6.45, 7) is 10.5. The van der Waals surface area contributed by atoms with Crippen molar-refractivity contribution in [2.45, 2.75) is 33.3 Å². The van der Waals surface area contributed by atoms with Gasteiger partial charge in [0.1, 0.15) is 11.4 Å². The summed E-state index contributed by atoms with van der Waals surface area (Å²) in [6.07, 6.45) is -0.864. The van der Waals surface area contributed by atoms with E-state index < -0.39 is 23.3 Å². The van der Waals surface area contributed by atoms with Crippen LogP contribution in [0.5, 0.6) is 0 Å². The van der Waals surface area contributed by atoms with Gasteiger partial charge in [0.25, 0.3) is 0 Å². The molecule has 0 spiro atoms. The van der Waals surface area contributed by atoms with E-state index in [1.807, 2.05) is 0 Å². The first kappa shape index (κ1) is 16.9. The average Bonchev–Trinajstić information content (AvgIpc) is 2.33. The third kappa shape index (κ3) is 4.73. The van der Waals surface area contributed by atoms with Gasteiger partial charge in [0.05, 0.1) is 17.9 Å². The van der Waals surface area contributed by atoms with Gasteiger partial charge in [0, 0.05) is 0 Å². The minimum atomic E-state index is -1.20. The molecule has 0 unspecified atom stereocenters. The first-order valence-corrected chi connectivity index (χ1v) is 6.45. The molecule has 0 aliphatic rings. The van der Waals surface area contributed by atoms with E-state index in [1.165, 1.54) is 12.1 Å². The maximum atomic E-state index is 13.9. The van der Waals surface area contributed by atoms with E-state index in [2.05, 4.69) is 11.9 Å². The zero-order valence-electron chi connectivity index (χ0n) is 12.5. The minimum absolute atomic E-state index is 0.0257. The highest BCUT2D eigenvalue weighted by atomic mass is 19.2. The Bertz CT molecular complexity index is 551. The van der Waals surface area contributed by atoms with Crippen LogP contribution in [0.15, 0.2) is 18.7 Å². The summed E-state index contributed by atoms with van der Waals surface area (Å²) in [6, 6.07) is 2.50. The molecule has 0 radical (unpaired) electrons. The number of carbonyl (C=O) groups is 1. The maximum absolute atomic E-state index is 13.9. The molecule has 0 aromatic heterocycles. The molecule has 1 aromatic rings. The molecule has 0 heterocycles. The van der Waals surface area contributed by atoms with E-state index in [-0.39, 0.29) is 23.6 Å². The number of ether oxygens (including phenoxy) is 2. The Morgan fingerprint density at radius 3 is 2.43 bits per heavy atom. The number of amides is 1. The number of benzene rings is 1. The standard InChI is InChI=1S/C15H19F2NO3/c1-6-20-9(2)10-7-8-11(13(17)12(10)16)18-14(19)21-15(3,4)5/h7-8H,2,6H2,1,3-5H3,(H,18,19). The van der Waals surface area contributed by atoms with Gasteiger partial charge in [-0.3, -0.25) is 5.32 Å². The molecule has 0 saturated heterocycles. The van der Waals surface area contributed by atoms with Gasteiger partial charge in [-0.2, -0.15) is 0 Å². The Kier molecular flexibility index (Phi) is 5.29. The third-order valence-electron chi connectivity index (χ3n) is 2.34. The second-order valence-corrected chi connectivity index (χ2v) is 5.27. The summed E-state index contributed by atoms with van der Waals surface area (Å²) in [4.78, 5) is 11.5. The molecule has 4 nitrogen and oxygen atoms in total. The molecule has 21 heavy (non-hydrogen) atoms. The highest BCUT2D eigenvalue weighted by Crippen LogP contribution is 2.26. The van der Waals surface area contributed by atoms with Crippen molar-refractivity contribution in [3.05, 3.63) is 35.9 Å². The van der Waals surface area contributed by atoms with Gasteiger partial charge in [0.2, 0.25) is 0 Å². The van der Waals surface area contributed by atoms with Crippen molar-refractivity contribution in [3.8, 4) is 0 Å². The topological polar surface area (TPSA) is 47.6 Å². The fourth-order valence-corrected chi connectivity index (χ4v) is 1.53. The van der Waals surface area contributed by atoms with Crippen molar-refractivity contribution in [2.75, 3.05) is 11.9 Å². The molecule has 0 aliphatic carbocycles. The fraction of sp³-hybridized carbons (Fsp3) is 0.400. The molecule has 1 rings (SSSR count). The average molecular weight is 299 g/mol. The highest BCUT2D eigenvalue weighted by molar-refractivity contribution is 5.85. The smallest absolute Gasteiger partial charge is 0.412 e. The number of hydrogen-bond acceptors (Lipinski definition) is 3. The van der Waals surface area contributed by atoms with Crippen molar-refractivity contribution in [3.63, 3.8) is 0 Å². The largest absolute Gasteiger partial charge is 0.494 e. The predicted octanol–water partition coefficient (Wildman–Crippen LogP) is 4.32. The number of halogens is 2. The van der Waals surface area contributed by atoms with Crippen LogP contribution in [0.2, 0.25) is 0 Å². The molecule has 0 aliphatic heterocycles. The lowest BCUT2D eigenvalue weighted by molar-refractivity contribution is 0.0635. The van der Waals surface area contributed by atoms with E-state index >= 15 is 0 Å².